The van der Waals surface area contributed by atoms with Crippen LogP contribution < -0.4 is 11.1 Å². The average molecular weight is 306 g/mol. The number of rotatable bonds is 3. The van der Waals surface area contributed by atoms with Gasteiger partial charge in [0, 0.05) is 21.6 Å². The van der Waals surface area contributed by atoms with E-state index in [4.69, 9.17) is 17.3 Å². The number of carbonyl (C=O) groups excluding carboxylic acids is 1. The first-order valence-corrected chi connectivity index (χ1v) is 6.00. The largest absolute Gasteiger partial charge is 0.346 e. The Labute approximate surface area is 108 Å². The third kappa shape index (κ3) is 3.47. The molecular formula is C11H14BrClN2O. The number of nitrogens with two attached hydrogens (primary N) is 1. The Morgan fingerprint density at radius 2 is 2.19 bits per heavy atom. The lowest BCUT2D eigenvalue weighted by Gasteiger charge is -2.24. The van der Waals surface area contributed by atoms with Gasteiger partial charge in [-0.05, 0) is 48.0 Å². The van der Waals surface area contributed by atoms with Gasteiger partial charge in [-0.2, -0.15) is 0 Å². The number of nitrogens with one attached hydrogen (secondary N) is 1. The second kappa shape index (κ2) is 5.17. The quantitative estimate of drug-likeness (QED) is 0.902. The molecule has 1 aromatic rings. The van der Waals surface area contributed by atoms with Gasteiger partial charge >= 0.3 is 0 Å². The highest BCUT2D eigenvalue weighted by Gasteiger charge is 2.20. The van der Waals surface area contributed by atoms with E-state index in [-0.39, 0.29) is 5.91 Å². The predicted molar refractivity (Wildman–Crippen MR) is 69.8 cm³/mol. The number of carbonyl (C=O) groups is 1. The van der Waals surface area contributed by atoms with Gasteiger partial charge in [0.15, 0.2) is 0 Å². The van der Waals surface area contributed by atoms with Crippen molar-refractivity contribution in [1.82, 2.24) is 5.32 Å². The summed E-state index contributed by atoms with van der Waals surface area (Å²) in [6, 6.07) is 5.04. The molecule has 0 heterocycles. The van der Waals surface area contributed by atoms with Gasteiger partial charge in [0.1, 0.15) is 0 Å². The molecule has 0 bridgehead atoms. The second-order valence-corrected chi connectivity index (χ2v) is 5.46. The third-order valence-electron chi connectivity index (χ3n) is 2.14. The zero-order chi connectivity index (χ0) is 12.3. The molecule has 1 aromatic carbocycles. The van der Waals surface area contributed by atoms with Gasteiger partial charge < -0.3 is 11.1 Å². The van der Waals surface area contributed by atoms with Crippen molar-refractivity contribution in [2.45, 2.75) is 19.4 Å². The summed E-state index contributed by atoms with van der Waals surface area (Å²) in [6.45, 7) is 4.12. The van der Waals surface area contributed by atoms with Crippen LogP contribution in [0.4, 0.5) is 0 Å². The lowest BCUT2D eigenvalue weighted by molar-refractivity contribution is 0.0915. The Hall–Kier alpha value is -0.580. The summed E-state index contributed by atoms with van der Waals surface area (Å²) >= 11 is 9.10. The molecule has 0 saturated carbocycles. The highest BCUT2D eigenvalue weighted by Crippen LogP contribution is 2.21. The van der Waals surface area contributed by atoms with Crippen molar-refractivity contribution in [3.63, 3.8) is 0 Å². The Kier molecular flexibility index (Phi) is 4.35. The van der Waals surface area contributed by atoms with Crippen LogP contribution in [0.2, 0.25) is 5.02 Å². The van der Waals surface area contributed by atoms with E-state index in [1.165, 1.54) is 0 Å². The maximum atomic E-state index is 11.9. The van der Waals surface area contributed by atoms with Crippen molar-refractivity contribution >= 4 is 33.4 Å². The van der Waals surface area contributed by atoms with Crippen molar-refractivity contribution in [2.75, 3.05) is 6.54 Å². The van der Waals surface area contributed by atoms with Gasteiger partial charge in [-0.15, -0.1) is 0 Å². The molecule has 16 heavy (non-hydrogen) atoms. The van der Waals surface area contributed by atoms with Gasteiger partial charge in [-0.1, -0.05) is 11.6 Å². The van der Waals surface area contributed by atoms with E-state index in [9.17, 15) is 4.79 Å². The lowest BCUT2D eigenvalue weighted by Crippen LogP contribution is -2.48. The summed E-state index contributed by atoms with van der Waals surface area (Å²) in [7, 11) is 0. The van der Waals surface area contributed by atoms with Crippen LogP contribution in [0.3, 0.4) is 0 Å². The summed E-state index contributed by atoms with van der Waals surface area (Å²) in [5.41, 5.74) is 5.67. The fourth-order valence-electron chi connectivity index (χ4n) is 1.10. The van der Waals surface area contributed by atoms with Gasteiger partial charge in [0.25, 0.3) is 5.91 Å². The van der Waals surface area contributed by atoms with Crippen LogP contribution in [0.5, 0.6) is 0 Å². The number of hydrogen-bond donors (Lipinski definition) is 2. The molecule has 88 valence electrons. The zero-order valence-electron chi connectivity index (χ0n) is 9.18. The SMILES string of the molecule is CC(C)(CN)NC(=O)c1ccc(Cl)cc1Br. The Bertz CT molecular complexity index is 407. The molecule has 0 spiro atoms. The molecule has 1 amide bonds. The molecule has 0 unspecified atom stereocenters. The van der Waals surface area contributed by atoms with Gasteiger partial charge in [0.05, 0.1) is 5.56 Å². The molecule has 3 N–H and O–H groups in total. The normalized spacial score (nSPS) is 11.3. The molecule has 0 aromatic heterocycles. The van der Waals surface area contributed by atoms with E-state index < -0.39 is 5.54 Å². The van der Waals surface area contributed by atoms with Crippen LogP contribution in [0.25, 0.3) is 0 Å². The Morgan fingerprint density at radius 3 is 2.69 bits per heavy atom. The van der Waals surface area contributed by atoms with Gasteiger partial charge in [-0.25, -0.2) is 0 Å². The minimum Gasteiger partial charge on any atom is -0.346 e. The number of amides is 1. The molecule has 3 nitrogen and oxygen atoms in total. The van der Waals surface area contributed by atoms with Crippen LogP contribution in [-0.4, -0.2) is 18.0 Å². The summed E-state index contributed by atoms with van der Waals surface area (Å²) in [6.07, 6.45) is 0. The first kappa shape index (κ1) is 13.5. The third-order valence-corrected chi connectivity index (χ3v) is 3.03. The summed E-state index contributed by atoms with van der Waals surface area (Å²) < 4.78 is 0.672. The fraction of sp³-hybridized carbons (Fsp3) is 0.364. The van der Waals surface area contributed by atoms with Gasteiger partial charge in [-0.3, -0.25) is 4.79 Å². The van der Waals surface area contributed by atoms with Gasteiger partial charge in [0.2, 0.25) is 0 Å². The number of halogens is 2. The Morgan fingerprint density at radius 1 is 1.56 bits per heavy atom. The first-order chi connectivity index (χ1) is 7.35. The highest BCUT2D eigenvalue weighted by atomic mass is 79.9. The monoisotopic (exact) mass is 304 g/mol. The molecule has 1 rings (SSSR count). The van der Waals surface area contributed by atoms with E-state index in [0.29, 0.717) is 21.6 Å². The predicted octanol–water partition coefficient (Wildman–Crippen LogP) is 2.57. The number of hydrogen-bond acceptors (Lipinski definition) is 2. The van der Waals surface area contributed by atoms with E-state index in [2.05, 4.69) is 21.2 Å². The first-order valence-electron chi connectivity index (χ1n) is 4.83. The molecule has 0 fully saturated rings. The average Bonchev–Trinajstić information content (AvgIpc) is 2.16. The van der Waals surface area contributed by atoms with Crippen molar-refractivity contribution in [2.24, 2.45) is 5.73 Å². The standard InChI is InChI=1S/C11H14BrClN2O/c1-11(2,6-14)15-10(16)8-4-3-7(13)5-9(8)12/h3-5H,6,14H2,1-2H3,(H,15,16). The Balaban J connectivity index is 2.89. The molecule has 0 aliphatic heterocycles. The van der Waals surface area contributed by atoms with E-state index in [1.54, 1.807) is 18.2 Å². The van der Waals surface area contributed by atoms with Crippen LogP contribution in [0.15, 0.2) is 22.7 Å². The maximum Gasteiger partial charge on any atom is 0.252 e. The van der Waals surface area contributed by atoms with Crippen molar-refractivity contribution in [1.29, 1.82) is 0 Å². The van der Waals surface area contributed by atoms with Crippen molar-refractivity contribution in [3.8, 4) is 0 Å². The minimum atomic E-state index is -0.420. The maximum absolute atomic E-state index is 11.9. The van der Waals surface area contributed by atoms with E-state index in [1.807, 2.05) is 13.8 Å². The summed E-state index contributed by atoms with van der Waals surface area (Å²) in [5, 5.41) is 3.43. The second-order valence-electron chi connectivity index (χ2n) is 4.17. The molecule has 0 aliphatic rings. The highest BCUT2D eigenvalue weighted by molar-refractivity contribution is 9.10. The summed E-state index contributed by atoms with van der Waals surface area (Å²) in [4.78, 5) is 11.9. The number of benzene rings is 1. The minimum absolute atomic E-state index is 0.168. The zero-order valence-corrected chi connectivity index (χ0v) is 11.5. The molecule has 0 atom stereocenters. The van der Waals surface area contributed by atoms with Crippen LogP contribution in [0, 0.1) is 0 Å². The van der Waals surface area contributed by atoms with Crippen LogP contribution >= 0.6 is 27.5 Å². The fourth-order valence-corrected chi connectivity index (χ4v) is 1.96. The molecule has 0 radical (unpaired) electrons. The molecular weight excluding hydrogens is 291 g/mol. The van der Waals surface area contributed by atoms with E-state index >= 15 is 0 Å². The molecule has 0 aliphatic carbocycles. The summed E-state index contributed by atoms with van der Waals surface area (Å²) in [5.74, 6) is -0.168. The topological polar surface area (TPSA) is 55.1 Å². The van der Waals surface area contributed by atoms with Crippen LogP contribution in [-0.2, 0) is 0 Å². The molecule has 0 saturated heterocycles. The van der Waals surface area contributed by atoms with Crippen molar-refractivity contribution in [3.05, 3.63) is 33.3 Å². The smallest absolute Gasteiger partial charge is 0.252 e. The van der Waals surface area contributed by atoms with Crippen molar-refractivity contribution < 1.29 is 4.79 Å². The lowest BCUT2D eigenvalue weighted by atomic mass is 10.1. The molecule has 5 heteroatoms. The van der Waals surface area contributed by atoms with E-state index in [0.717, 1.165) is 0 Å². The van der Waals surface area contributed by atoms with Crippen LogP contribution in [0.1, 0.15) is 24.2 Å².